The highest BCUT2D eigenvalue weighted by Crippen LogP contribution is 2.43. The van der Waals surface area contributed by atoms with Gasteiger partial charge in [0.1, 0.15) is 10.6 Å². The Morgan fingerprint density at radius 3 is 2.40 bits per heavy atom. The molecule has 2 aliphatic heterocycles. The summed E-state index contributed by atoms with van der Waals surface area (Å²) < 4.78 is 46.5. The molecule has 3 aromatic rings. The number of fused-ring (bicyclic) bond motifs is 2. The molecule has 3 aromatic carbocycles. The molecule has 0 saturated carbocycles. The van der Waals surface area contributed by atoms with Crippen molar-refractivity contribution in [3.8, 4) is 28.7 Å². The first kappa shape index (κ1) is 23.2. The van der Waals surface area contributed by atoms with Crippen molar-refractivity contribution < 1.29 is 27.4 Å². The molecule has 1 amide bonds. The quantitative estimate of drug-likeness (QED) is 0.515. The highest BCUT2D eigenvalue weighted by molar-refractivity contribution is 7.89. The molecule has 35 heavy (non-hydrogen) atoms. The first-order valence-electron chi connectivity index (χ1n) is 11.5. The van der Waals surface area contributed by atoms with E-state index >= 15 is 0 Å². The van der Waals surface area contributed by atoms with Gasteiger partial charge >= 0.3 is 0 Å². The highest BCUT2D eigenvalue weighted by atomic mass is 32.2. The van der Waals surface area contributed by atoms with Crippen LogP contribution in [-0.2, 0) is 10.0 Å². The molecule has 0 aromatic heterocycles. The molecule has 0 aliphatic carbocycles. The average Bonchev–Trinajstić information content (AvgIpc) is 2.99. The molecule has 182 valence electrons. The van der Waals surface area contributed by atoms with Crippen molar-refractivity contribution in [3.63, 3.8) is 0 Å². The van der Waals surface area contributed by atoms with Gasteiger partial charge in [0.2, 0.25) is 10.0 Å². The maximum absolute atomic E-state index is 13.7. The molecule has 2 heterocycles. The minimum Gasteiger partial charge on any atom is -0.493 e. The van der Waals surface area contributed by atoms with Gasteiger partial charge in [0.05, 0.1) is 18.4 Å². The Kier molecular flexibility index (Phi) is 6.12. The summed E-state index contributed by atoms with van der Waals surface area (Å²) in [5.41, 5.74) is 1.57. The van der Waals surface area contributed by atoms with E-state index in [4.69, 9.17) is 14.2 Å². The summed E-state index contributed by atoms with van der Waals surface area (Å²) in [6, 6.07) is 15.2. The minimum absolute atomic E-state index is 0.0581. The predicted octanol–water partition coefficient (Wildman–Crippen LogP) is 5.33. The maximum atomic E-state index is 13.7. The lowest BCUT2D eigenvalue weighted by Crippen LogP contribution is -2.35. The molecule has 0 bridgehead atoms. The fraction of sp³-hybridized carbons (Fsp3) is 0.269. The van der Waals surface area contributed by atoms with Crippen LogP contribution in [0.3, 0.4) is 0 Å². The lowest BCUT2D eigenvalue weighted by atomic mass is 10.1. The molecular formula is C26H26N2O6S. The number of piperidine rings is 1. The van der Waals surface area contributed by atoms with Gasteiger partial charge in [-0.3, -0.25) is 4.79 Å². The Morgan fingerprint density at radius 2 is 1.66 bits per heavy atom. The number of carbonyl (C=O) groups is 1. The molecule has 9 heteroatoms. The fourth-order valence-corrected chi connectivity index (χ4v) is 5.91. The number of rotatable bonds is 5. The van der Waals surface area contributed by atoms with Crippen LogP contribution in [0.1, 0.15) is 35.2 Å². The van der Waals surface area contributed by atoms with Gasteiger partial charge in [-0.05, 0) is 55.7 Å². The van der Waals surface area contributed by atoms with Crippen LogP contribution in [-0.4, -0.2) is 38.8 Å². The molecule has 1 fully saturated rings. The number of ether oxygens (including phenoxy) is 3. The van der Waals surface area contributed by atoms with Crippen molar-refractivity contribution in [3.05, 3.63) is 65.7 Å². The van der Waals surface area contributed by atoms with Gasteiger partial charge in [-0.25, -0.2) is 8.42 Å². The van der Waals surface area contributed by atoms with Crippen LogP contribution in [0.2, 0.25) is 0 Å². The summed E-state index contributed by atoms with van der Waals surface area (Å²) in [4.78, 5) is 13.0. The average molecular weight is 495 g/mol. The second-order valence-electron chi connectivity index (χ2n) is 8.57. The molecule has 0 unspecified atom stereocenters. The van der Waals surface area contributed by atoms with E-state index < -0.39 is 15.9 Å². The zero-order chi connectivity index (χ0) is 24.6. The number of amides is 1. The molecule has 1 N–H and O–H groups in total. The van der Waals surface area contributed by atoms with E-state index in [1.165, 1.54) is 23.5 Å². The monoisotopic (exact) mass is 494 g/mol. The second kappa shape index (κ2) is 9.24. The molecule has 2 aliphatic rings. The Morgan fingerprint density at radius 1 is 0.914 bits per heavy atom. The van der Waals surface area contributed by atoms with Crippen LogP contribution in [0.4, 0.5) is 5.69 Å². The number of hydrogen-bond acceptors (Lipinski definition) is 6. The molecule has 0 atom stereocenters. The number of anilines is 1. The van der Waals surface area contributed by atoms with Crippen LogP contribution in [0.5, 0.6) is 28.7 Å². The maximum Gasteiger partial charge on any atom is 0.259 e. The van der Waals surface area contributed by atoms with Gasteiger partial charge in [0, 0.05) is 19.2 Å². The number of nitrogens with one attached hydrogen (secondary N) is 1. The van der Waals surface area contributed by atoms with Crippen molar-refractivity contribution in [2.24, 2.45) is 0 Å². The summed E-state index contributed by atoms with van der Waals surface area (Å²) in [6.07, 6.45) is 2.55. The van der Waals surface area contributed by atoms with E-state index in [0.29, 0.717) is 36.0 Å². The smallest absolute Gasteiger partial charge is 0.259 e. The number of sulfonamides is 1. The third-order valence-electron chi connectivity index (χ3n) is 6.12. The number of aryl methyl sites for hydroxylation is 1. The summed E-state index contributed by atoms with van der Waals surface area (Å²) >= 11 is 0. The lowest BCUT2D eigenvalue weighted by molar-refractivity contribution is 0.102. The lowest BCUT2D eigenvalue weighted by Gasteiger charge is -2.27. The van der Waals surface area contributed by atoms with E-state index in [2.05, 4.69) is 5.32 Å². The topological polar surface area (TPSA) is 94.2 Å². The molecule has 0 spiro atoms. The van der Waals surface area contributed by atoms with Gasteiger partial charge in [-0.15, -0.1) is 0 Å². The van der Waals surface area contributed by atoms with E-state index in [9.17, 15) is 13.2 Å². The van der Waals surface area contributed by atoms with E-state index in [1.54, 1.807) is 30.3 Å². The van der Waals surface area contributed by atoms with Crippen molar-refractivity contribution in [1.82, 2.24) is 4.31 Å². The Balaban J connectivity index is 1.67. The molecule has 8 nitrogen and oxygen atoms in total. The van der Waals surface area contributed by atoms with Crippen LogP contribution >= 0.6 is 0 Å². The van der Waals surface area contributed by atoms with E-state index in [1.807, 2.05) is 19.1 Å². The van der Waals surface area contributed by atoms with Gasteiger partial charge in [0.25, 0.3) is 5.91 Å². The first-order chi connectivity index (χ1) is 16.9. The van der Waals surface area contributed by atoms with Crippen molar-refractivity contribution in [2.75, 3.05) is 25.5 Å². The highest BCUT2D eigenvalue weighted by Gasteiger charge is 2.33. The molecule has 1 saturated heterocycles. The first-order valence-corrected chi connectivity index (χ1v) is 12.9. The Bertz CT molecular complexity index is 1400. The van der Waals surface area contributed by atoms with Crippen molar-refractivity contribution in [1.29, 1.82) is 0 Å². The third-order valence-corrected chi connectivity index (χ3v) is 8.04. The normalized spacial score (nSPS) is 15.8. The predicted molar refractivity (Wildman–Crippen MR) is 131 cm³/mol. The standard InChI is InChI=1S/C26H26N2O6S/c1-17-10-11-19-23(14-17)34-22-16-24(33-21-9-5-4-8-20(21)32-2)25(15-18(22)26(29)27-19)35(30,31)28-12-6-3-7-13-28/h4-5,8-11,14-16H,3,6-7,12-13H2,1-2H3,(H,27,29). The number of nitrogens with zero attached hydrogens (tertiary/aromatic N) is 1. The fourth-order valence-electron chi connectivity index (χ4n) is 4.28. The summed E-state index contributed by atoms with van der Waals surface area (Å²) in [7, 11) is -2.43. The largest absolute Gasteiger partial charge is 0.493 e. The van der Waals surface area contributed by atoms with Gasteiger partial charge in [-0.1, -0.05) is 24.6 Å². The second-order valence-corrected chi connectivity index (χ2v) is 10.5. The van der Waals surface area contributed by atoms with Crippen molar-refractivity contribution >= 4 is 21.6 Å². The Hall–Kier alpha value is -3.56. The SMILES string of the molecule is COc1ccccc1Oc1cc2c(cc1S(=O)(=O)N1CCCCC1)C(=O)Nc1ccc(C)cc1O2. The van der Waals surface area contributed by atoms with Gasteiger partial charge in [0.15, 0.2) is 23.0 Å². The minimum atomic E-state index is -3.94. The van der Waals surface area contributed by atoms with Crippen LogP contribution in [0.25, 0.3) is 0 Å². The van der Waals surface area contributed by atoms with E-state index in [-0.39, 0.29) is 22.0 Å². The molecule has 0 radical (unpaired) electrons. The number of hydrogen-bond donors (Lipinski definition) is 1. The van der Waals surface area contributed by atoms with Gasteiger partial charge < -0.3 is 19.5 Å². The Labute approximate surface area is 204 Å². The summed E-state index contributed by atoms with van der Waals surface area (Å²) in [6.45, 7) is 2.75. The van der Waals surface area contributed by atoms with Crippen LogP contribution in [0, 0.1) is 6.92 Å². The van der Waals surface area contributed by atoms with E-state index in [0.717, 1.165) is 24.8 Å². The zero-order valence-corrected chi connectivity index (χ0v) is 20.4. The van der Waals surface area contributed by atoms with Crippen LogP contribution in [0.15, 0.2) is 59.5 Å². The van der Waals surface area contributed by atoms with Crippen molar-refractivity contribution in [2.45, 2.75) is 31.1 Å². The zero-order valence-electron chi connectivity index (χ0n) is 19.5. The number of carbonyl (C=O) groups excluding carboxylic acids is 1. The molecular weight excluding hydrogens is 468 g/mol. The number of para-hydroxylation sites is 2. The third kappa shape index (κ3) is 4.44. The summed E-state index contributed by atoms with van der Waals surface area (Å²) in [5, 5.41) is 2.82. The summed E-state index contributed by atoms with van der Waals surface area (Å²) in [5.74, 6) is 1.06. The number of benzene rings is 3. The van der Waals surface area contributed by atoms with Gasteiger partial charge in [-0.2, -0.15) is 4.31 Å². The number of methoxy groups -OCH3 is 1. The van der Waals surface area contributed by atoms with Crippen LogP contribution < -0.4 is 19.5 Å². The molecule has 5 rings (SSSR count).